The van der Waals surface area contributed by atoms with Gasteiger partial charge in [0.2, 0.25) is 0 Å². The number of benzene rings is 3. The minimum atomic E-state index is 0.245. The number of nitrogens with zero attached hydrogens (tertiary/aromatic N) is 1. The number of phenols is 2. The van der Waals surface area contributed by atoms with E-state index in [-0.39, 0.29) is 11.5 Å². The molecule has 0 radical (unpaired) electrons. The second kappa shape index (κ2) is 9.46. The van der Waals surface area contributed by atoms with E-state index >= 15 is 0 Å². The number of hydrogen-bond donors (Lipinski definition) is 2. The van der Waals surface area contributed by atoms with Gasteiger partial charge in [-0.25, -0.2) is 0 Å². The molecule has 0 amide bonds. The summed E-state index contributed by atoms with van der Waals surface area (Å²) < 4.78 is 7.44. The van der Waals surface area contributed by atoms with E-state index in [9.17, 15) is 10.2 Å². The average molecular weight is 460 g/mol. The van der Waals surface area contributed by atoms with Crippen LogP contribution in [0.2, 0.25) is 0 Å². The van der Waals surface area contributed by atoms with Crippen molar-refractivity contribution >= 4 is 21.4 Å². The van der Waals surface area contributed by atoms with Gasteiger partial charge in [-0.2, -0.15) is 0 Å². The fraction of sp³-hybridized carbons (Fsp3) is 0.286. The lowest BCUT2D eigenvalue weighted by Crippen LogP contribution is -2.31. The molecule has 1 saturated heterocycles. The van der Waals surface area contributed by atoms with Crippen LogP contribution in [0.1, 0.15) is 26.2 Å². The fourth-order valence-corrected chi connectivity index (χ4v) is 5.72. The van der Waals surface area contributed by atoms with Crippen LogP contribution >= 0.6 is 11.3 Å². The molecule has 33 heavy (non-hydrogen) atoms. The van der Waals surface area contributed by atoms with Gasteiger partial charge in [0.1, 0.15) is 17.2 Å². The summed E-state index contributed by atoms with van der Waals surface area (Å²) in [6.45, 7) is 5.33. The van der Waals surface area contributed by atoms with Crippen LogP contribution in [-0.2, 0) is 0 Å². The summed E-state index contributed by atoms with van der Waals surface area (Å²) in [5, 5.41) is 23.0. The molecule has 0 spiro atoms. The zero-order chi connectivity index (χ0) is 22.8. The number of thiophene rings is 1. The minimum Gasteiger partial charge on any atom is -0.508 e. The summed E-state index contributed by atoms with van der Waals surface area (Å²) in [4.78, 5) is 2.55. The molecule has 1 aromatic heterocycles. The highest BCUT2D eigenvalue weighted by Gasteiger charge is 2.20. The largest absolute Gasteiger partial charge is 0.508 e. The first-order valence-electron chi connectivity index (χ1n) is 11.6. The number of phenolic OH excluding ortho intramolecular Hbond substituents is 2. The van der Waals surface area contributed by atoms with Gasteiger partial charge in [0.15, 0.2) is 0 Å². The summed E-state index contributed by atoms with van der Waals surface area (Å²) in [7, 11) is 0. The average Bonchev–Trinajstić information content (AvgIpc) is 3.50. The van der Waals surface area contributed by atoms with Crippen LogP contribution in [0, 0.1) is 0 Å². The monoisotopic (exact) mass is 459 g/mol. The molecule has 3 aromatic carbocycles. The molecule has 0 aliphatic carbocycles. The number of fused-ring (bicyclic) bond motifs is 1. The first-order valence-corrected chi connectivity index (χ1v) is 12.5. The van der Waals surface area contributed by atoms with Crippen LogP contribution in [0.4, 0.5) is 0 Å². The highest BCUT2D eigenvalue weighted by atomic mass is 32.1. The smallest absolute Gasteiger partial charge is 0.127 e. The molecule has 1 unspecified atom stereocenters. The van der Waals surface area contributed by atoms with Crippen molar-refractivity contribution in [2.75, 3.05) is 19.7 Å². The Hall–Kier alpha value is -3.02. The van der Waals surface area contributed by atoms with Crippen molar-refractivity contribution in [2.45, 2.75) is 32.2 Å². The maximum atomic E-state index is 9.89. The lowest BCUT2D eigenvalue weighted by atomic mass is 9.93. The highest BCUT2D eigenvalue weighted by Crippen LogP contribution is 2.44. The van der Waals surface area contributed by atoms with Crippen LogP contribution in [0.15, 0.2) is 66.0 Å². The lowest BCUT2D eigenvalue weighted by Gasteiger charge is -2.24. The van der Waals surface area contributed by atoms with Crippen molar-refractivity contribution in [1.29, 1.82) is 0 Å². The van der Waals surface area contributed by atoms with Gasteiger partial charge < -0.3 is 19.8 Å². The third-order valence-electron chi connectivity index (χ3n) is 6.59. The van der Waals surface area contributed by atoms with E-state index in [4.69, 9.17) is 4.74 Å². The van der Waals surface area contributed by atoms with Crippen molar-refractivity contribution in [3.63, 3.8) is 0 Å². The first-order chi connectivity index (χ1) is 16.1. The normalized spacial score (nSPS) is 15.2. The van der Waals surface area contributed by atoms with E-state index in [0.29, 0.717) is 12.6 Å². The van der Waals surface area contributed by atoms with Crippen molar-refractivity contribution in [2.24, 2.45) is 0 Å². The maximum Gasteiger partial charge on any atom is 0.127 e. The second-order valence-electron chi connectivity index (χ2n) is 8.78. The predicted molar refractivity (Wildman–Crippen MR) is 136 cm³/mol. The van der Waals surface area contributed by atoms with Crippen LogP contribution in [0.25, 0.3) is 32.3 Å². The summed E-state index contributed by atoms with van der Waals surface area (Å²) in [5.41, 5.74) is 4.24. The molecular weight excluding hydrogens is 430 g/mol. The number of ether oxygens (including phenoxy) is 1. The number of likely N-dealkylation sites (tertiary alicyclic amines) is 1. The molecule has 1 aliphatic heterocycles. The van der Waals surface area contributed by atoms with E-state index in [2.05, 4.69) is 23.3 Å². The molecule has 1 fully saturated rings. The topological polar surface area (TPSA) is 52.9 Å². The molecule has 1 atom stereocenters. The summed E-state index contributed by atoms with van der Waals surface area (Å²) in [6.07, 6.45) is 3.58. The van der Waals surface area contributed by atoms with Gasteiger partial charge in [-0.15, -0.1) is 11.3 Å². The Balaban J connectivity index is 1.51. The summed E-state index contributed by atoms with van der Waals surface area (Å²) in [5.74, 6) is 1.37. The Bertz CT molecular complexity index is 1240. The van der Waals surface area contributed by atoms with Crippen LogP contribution < -0.4 is 4.74 Å². The predicted octanol–water partition coefficient (Wildman–Crippen LogP) is 6.90. The third-order valence-corrected chi connectivity index (χ3v) is 7.53. The minimum absolute atomic E-state index is 0.245. The maximum absolute atomic E-state index is 9.89. The van der Waals surface area contributed by atoms with Gasteiger partial charge in [-0.3, -0.25) is 0 Å². The van der Waals surface area contributed by atoms with Crippen molar-refractivity contribution in [1.82, 2.24) is 4.90 Å². The van der Waals surface area contributed by atoms with Crippen LogP contribution in [0.5, 0.6) is 17.2 Å². The number of rotatable bonds is 7. The molecule has 0 bridgehead atoms. The molecule has 4 nitrogen and oxygen atoms in total. The summed E-state index contributed by atoms with van der Waals surface area (Å²) in [6, 6.07) is 19.5. The zero-order valence-corrected chi connectivity index (χ0v) is 19.6. The molecule has 5 rings (SSSR count). The Morgan fingerprint density at radius 2 is 1.70 bits per heavy atom. The van der Waals surface area contributed by atoms with Crippen molar-refractivity contribution in [3.05, 3.63) is 66.0 Å². The summed E-state index contributed by atoms with van der Waals surface area (Å²) >= 11 is 1.62. The van der Waals surface area contributed by atoms with Crippen LogP contribution in [-0.4, -0.2) is 40.9 Å². The van der Waals surface area contributed by atoms with E-state index < -0.39 is 0 Å². The lowest BCUT2D eigenvalue weighted by molar-refractivity contribution is 0.206. The number of hydrogen-bond acceptors (Lipinski definition) is 5. The van der Waals surface area contributed by atoms with Crippen molar-refractivity contribution < 1.29 is 14.9 Å². The van der Waals surface area contributed by atoms with Gasteiger partial charge in [-0.1, -0.05) is 24.3 Å². The Labute approximate surface area is 198 Å². The first kappa shape index (κ1) is 21.8. The third kappa shape index (κ3) is 4.56. The molecule has 4 aromatic rings. The second-order valence-corrected chi connectivity index (χ2v) is 9.70. The van der Waals surface area contributed by atoms with Crippen molar-refractivity contribution in [3.8, 4) is 39.5 Å². The van der Waals surface area contributed by atoms with Gasteiger partial charge in [-0.05, 0) is 92.2 Å². The molecule has 1 aliphatic rings. The Morgan fingerprint density at radius 1 is 0.939 bits per heavy atom. The highest BCUT2D eigenvalue weighted by molar-refractivity contribution is 7.17. The van der Waals surface area contributed by atoms with E-state index in [1.54, 1.807) is 29.5 Å². The van der Waals surface area contributed by atoms with Gasteiger partial charge >= 0.3 is 0 Å². The molecular formula is C28H29NO3S. The van der Waals surface area contributed by atoms with Gasteiger partial charge in [0, 0.05) is 27.3 Å². The Morgan fingerprint density at radius 3 is 2.48 bits per heavy atom. The molecule has 5 heteroatoms. The Kier molecular flexibility index (Phi) is 6.25. The molecule has 0 saturated carbocycles. The number of aromatic hydroxyl groups is 2. The zero-order valence-electron chi connectivity index (χ0n) is 18.8. The fourth-order valence-electron chi connectivity index (χ4n) is 4.73. The van der Waals surface area contributed by atoms with Crippen LogP contribution in [0.3, 0.4) is 0 Å². The van der Waals surface area contributed by atoms with Gasteiger partial charge in [0.05, 0.1) is 6.61 Å². The van der Waals surface area contributed by atoms with E-state index in [1.165, 1.54) is 25.9 Å². The van der Waals surface area contributed by atoms with Gasteiger partial charge in [0.25, 0.3) is 0 Å². The molecule has 170 valence electrons. The standard InChI is InChI=1S/C28H29NO3S/c1-19(29-14-2-3-15-29)13-16-32-26-6-4-5-24(28(26)20-7-9-21(30)10-8-20)25-18-33-27-17-22(31)11-12-23(25)27/h4-12,17-19,30-31H,2-3,13-16H2,1H3. The van der Waals surface area contributed by atoms with E-state index in [0.717, 1.165) is 44.5 Å². The quantitative estimate of drug-likeness (QED) is 0.316. The SMILES string of the molecule is CC(CCOc1cccc(-c2csc3cc(O)ccc23)c1-c1ccc(O)cc1)N1CCCC1. The molecule has 2 heterocycles. The molecule has 2 N–H and O–H groups in total. The van der Waals surface area contributed by atoms with E-state index in [1.807, 2.05) is 36.4 Å².